The number of fused-ring (bicyclic) bond motifs is 12. The van der Waals surface area contributed by atoms with E-state index in [2.05, 4.69) is 478 Å². The Hall–Kier alpha value is -14.4. The number of benzene rings is 18. The van der Waals surface area contributed by atoms with E-state index < -0.39 is 5.41 Å². The van der Waals surface area contributed by atoms with Gasteiger partial charge in [-0.15, -0.1) is 0 Å². The van der Waals surface area contributed by atoms with Gasteiger partial charge in [-0.05, 0) is 228 Å². The van der Waals surface area contributed by atoms with E-state index in [-0.39, 0.29) is 16.2 Å². The zero-order chi connectivity index (χ0) is 82.3. The SMILES string of the molecule is CC1(C)c2cc(-c3ccc4c(c3)C(C)(C)c3c(-c5ccccc5N(c5ccc(-c6ccccc6)cc5-c5ccccc5)c5ccccc5-c5cccc6c5-c5ccccc5C6(C)C)cccc3-4)ccc2-c2c(-c3ccccc3N(c3ccc(-c4cccc5c4C(C)(C)c4ccccc4-5)cc3)c3ccc(-c4ccccc4)cc3-c3ccccc3)cccc21. The van der Waals surface area contributed by atoms with Gasteiger partial charge in [-0.1, -0.05) is 401 Å². The Balaban J connectivity index is 0.655. The maximum atomic E-state index is 2.59. The monoisotopic (exact) mass is 1560 g/mol. The van der Waals surface area contributed by atoms with Crippen molar-refractivity contribution in [1.29, 1.82) is 0 Å². The first kappa shape index (κ1) is 73.9. The van der Waals surface area contributed by atoms with E-state index in [1.807, 2.05) is 0 Å². The Morgan fingerprint density at radius 3 is 0.934 bits per heavy atom. The van der Waals surface area contributed by atoms with E-state index in [1.165, 1.54) is 156 Å². The number of para-hydroxylation sites is 3. The van der Waals surface area contributed by atoms with Gasteiger partial charge in [0, 0.05) is 55.2 Å². The molecule has 0 amide bonds. The van der Waals surface area contributed by atoms with Crippen molar-refractivity contribution in [2.75, 3.05) is 9.80 Å². The summed E-state index contributed by atoms with van der Waals surface area (Å²) in [7, 11) is 0. The molecular formula is C120H92N2. The van der Waals surface area contributed by atoms with Crippen LogP contribution in [0.4, 0.5) is 34.1 Å². The van der Waals surface area contributed by atoms with Gasteiger partial charge in [-0.2, -0.15) is 0 Å². The Kier molecular flexibility index (Phi) is 17.4. The van der Waals surface area contributed by atoms with Crippen LogP contribution in [-0.4, -0.2) is 0 Å². The van der Waals surface area contributed by atoms with Gasteiger partial charge in [0.2, 0.25) is 0 Å². The highest BCUT2D eigenvalue weighted by Gasteiger charge is 2.43. The number of rotatable bonds is 15. The van der Waals surface area contributed by atoms with Crippen LogP contribution in [0, 0.1) is 0 Å². The lowest BCUT2D eigenvalue weighted by Crippen LogP contribution is -2.18. The smallest absolute Gasteiger partial charge is 0.0540 e. The zero-order valence-electron chi connectivity index (χ0n) is 70.2. The maximum absolute atomic E-state index is 2.59. The molecule has 0 N–H and O–H groups in total. The van der Waals surface area contributed by atoms with Gasteiger partial charge >= 0.3 is 0 Å². The largest absolute Gasteiger partial charge is 0.309 e. The average molecular weight is 1560 g/mol. The molecule has 0 saturated heterocycles. The summed E-state index contributed by atoms with van der Waals surface area (Å²) >= 11 is 0. The van der Waals surface area contributed by atoms with Crippen LogP contribution in [0.3, 0.4) is 0 Å². The standard InChI is InChI=1S/C120H92N2/c1-117(2)103-55-27-22-47-98(103)113-94(50-33-56-104(113)117)91-45-24-29-59-109(91)122(112-72-66-83(78-37-15-10-16-38-78)74-101(112)80-41-19-12-20-42-80)110-60-30-25-46-92(110)97-53-32-52-96-89-69-63-84(75-106(89)120(7,8)116(96)97)85-64-70-99-107(76-85)118(3,4)105-57-34-49-93(114(99)105)90-44-23-28-58-108(90)121(111-71-65-82(77-35-13-9-14-36-77)73-100(111)79-39-17-11-18-40-79)86-67-61-81(62-68-86)87-48-31-51-95-88-43-21-26-54-102(88)119(5,6)115(87)95/h9-76H,1-8H3. The molecule has 0 aliphatic heterocycles. The summed E-state index contributed by atoms with van der Waals surface area (Å²) in [6.45, 7) is 19.3. The molecule has 22 rings (SSSR count). The van der Waals surface area contributed by atoms with Crippen molar-refractivity contribution in [3.8, 4) is 145 Å². The van der Waals surface area contributed by atoms with Crippen molar-refractivity contribution in [3.63, 3.8) is 0 Å². The summed E-state index contributed by atoms with van der Waals surface area (Å²) in [5.41, 5.74) is 47.9. The van der Waals surface area contributed by atoms with Gasteiger partial charge in [0.15, 0.2) is 0 Å². The van der Waals surface area contributed by atoms with Crippen LogP contribution in [0.2, 0.25) is 0 Å². The topological polar surface area (TPSA) is 6.48 Å². The van der Waals surface area contributed by atoms with Crippen molar-refractivity contribution in [2.24, 2.45) is 0 Å². The van der Waals surface area contributed by atoms with E-state index in [0.29, 0.717) is 0 Å². The molecule has 2 heteroatoms. The molecule has 0 saturated carbocycles. The van der Waals surface area contributed by atoms with Gasteiger partial charge in [0.1, 0.15) is 0 Å². The molecule has 0 unspecified atom stereocenters. The fourth-order valence-corrected chi connectivity index (χ4v) is 21.6. The lowest BCUT2D eigenvalue weighted by molar-refractivity contribution is 0.660. The Labute approximate surface area is 717 Å². The molecule has 0 radical (unpaired) electrons. The lowest BCUT2D eigenvalue weighted by atomic mass is 9.77. The first-order valence-corrected chi connectivity index (χ1v) is 43.1. The summed E-state index contributed by atoms with van der Waals surface area (Å²) in [4.78, 5) is 5.12. The zero-order valence-corrected chi connectivity index (χ0v) is 70.2. The second kappa shape index (κ2) is 28.7. The molecule has 0 spiro atoms. The Bertz CT molecular complexity index is 7220. The van der Waals surface area contributed by atoms with Crippen LogP contribution < -0.4 is 9.80 Å². The predicted molar refractivity (Wildman–Crippen MR) is 515 cm³/mol. The molecule has 18 aromatic rings. The van der Waals surface area contributed by atoms with E-state index >= 15 is 0 Å². The molecule has 0 bridgehead atoms. The van der Waals surface area contributed by atoms with Crippen LogP contribution in [0.15, 0.2) is 413 Å². The van der Waals surface area contributed by atoms with Crippen LogP contribution in [0.25, 0.3) is 145 Å². The van der Waals surface area contributed by atoms with Gasteiger partial charge < -0.3 is 9.80 Å². The van der Waals surface area contributed by atoms with Crippen molar-refractivity contribution in [2.45, 2.75) is 77.0 Å². The van der Waals surface area contributed by atoms with Crippen LogP contribution in [0.1, 0.15) is 99.9 Å². The normalized spacial score (nSPS) is 14.0. The highest BCUT2D eigenvalue weighted by atomic mass is 15.2. The third kappa shape index (κ3) is 11.7. The fraction of sp³-hybridized carbons (Fsp3) is 0.100. The average Bonchev–Trinajstić information content (AvgIpc) is 1.54. The molecule has 122 heavy (non-hydrogen) atoms. The molecule has 0 atom stereocenters. The van der Waals surface area contributed by atoms with Crippen molar-refractivity contribution >= 4 is 34.1 Å². The highest BCUT2D eigenvalue weighted by molar-refractivity contribution is 6.06. The van der Waals surface area contributed by atoms with Crippen LogP contribution >= 0.6 is 0 Å². The van der Waals surface area contributed by atoms with Gasteiger partial charge in [0.05, 0.1) is 28.4 Å². The molecule has 582 valence electrons. The van der Waals surface area contributed by atoms with E-state index in [0.717, 1.165) is 67.5 Å². The molecule has 0 heterocycles. The van der Waals surface area contributed by atoms with Crippen molar-refractivity contribution in [3.05, 3.63) is 457 Å². The minimum atomic E-state index is -0.410. The summed E-state index contributed by atoms with van der Waals surface area (Å²) in [5, 5.41) is 0. The maximum Gasteiger partial charge on any atom is 0.0540 e. The number of hydrogen-bond acceptors (Lipinski definition) is 2. The summed E-state index contributed by atoms with van der Waals surface area (Å²) in [6, 6.07) is 155. The second-order valence-electron chi connectivity index (χ2n) is 35.7. The van der Waals surface area contributed by atoms with Crippen LogP contribution in [0.5, 0.6) is 0 Å². The minimum Gasteiger partial charge on any atom is -0.309 e. The predicted octanol–water partition coefficient (Wildman–Crippen LogP) is 32.9. The first-order valence-electron chi connectivity index (χ1n) is 43.1. The lowest BCUT2D eigenvalue weighted by Gasteiger charge is -2.33. The highest BCUT2D eigenvalue weighted by Crippen LogP contribution is 2.61. The van der Waals surface area contributed by atoms with E-state index in [9.17, 15) is 0 Å². The molecule has 4 aliphatic carbocycles. The van der Waals surface area contributed by atoms with Crippen molar-refractivity contribution < 1.29 is 0 Å². The molecule has 0 fully saturated rings. The molecule has 0 aromatic heterocycles. The summed E-state index contributed by atoms with van der Waals surface area (Å²) in [5.74, 6) is 0. The van der Waals surface area contributed by atoms with Crippen LogP contribution in [-0.2, 0) is 21.7 Å². The Morgan fingerprint density at radius 1 is 0.148 bits per heavy atom. The molecule has 4 aliphatic rings. The Morgan fingerprint density at radius 2 is 0.426 bits per heavy atom. The first-order chi connectivity index (χ1) is 59.6. The van der Waals surface area contributed by atoms with E-state index in [1.54, 1.807) is 0 Å². The second-order valence-corrected chi connectivity index (χ2v) is 35.7. The molecule has 2 nitrogen and oxygen atoms in total. The van der Waals surface area contributed by atoms with Gasteiger partial charge in [-0.3, -0.25) is 0 Å². The van der Waals surface area contributed by atoms with Gasteiger partial charge in [0.25, 0.3) is 0 Å². The number of nitrogens with zero attached hydrogens (tertiary/aromatic N) is 2. The molecule has 18 aromatic carbocycles. The number of hydrogen-bond donors (Lipinski definition) is 0. The fourth-order valence-electron chi connectivity index (χ4n) is 21.6. The third-order valence-corrected chi connectivity index (χ3v) is 27.5. The van der Waals surface area contributed by atoms with Crippen molar-refractivity contribution in [1.82, 2.24) is 0 Å². The summed E-state index contributed by atoms with van der Waals surface area (Å²) in [6.07, 6.45) is 0. The third-order valence-electron chi connectivity index (χ3n) is 27.5. The minimum absolute atomic E-state index is 0.166. The number of anilines is 6. The van der Waals surface area contributed by atoms with E-state index in [4.69, 9.17) is 0 Å². The quantitative estimate of drug-likeness (QED) is 0.101. The summed E-state index contributed by atoms with van der Waals surface area (Å²) < 4.78 is 0. The molecular weight excluding hydrogens is 1470 g/mol. The van der Waals surface area contributed by atoms with Gasteiger partial charge in [-0.25, -0.2) is 0 Å².